The van der Waals surface area contributed by atoms with Crippen molar-refractivity contribution in [3.05, 3.63) is 83.7 Å². The zero-order valence-corrected chi connectivity index (χ0v) is 28.2. The predicted molar refractivity (Wildman–Crippen MR) is 183 cm³/mol. The summed E-state index contributed by atoms with van der Waals surface area (Å²) in [5.74, 6) is -1.63. The van der Waals surface area contributed by atoms with Crippen molar-refractivity contribution in [2.24, 2.45) is 5.92 Å². The second-order valence-corrected chi connectivity index (χ2v) is 12.3. The van der Waals surface area contributed by atoms with Crippen LogP contribution >= 0.6 is 0 Å². The first kappa shape index (κ1) is 36.5. The van der Waals surface area contributed by atoms with E-state index in [2.05, 4.69) is 31.6 Å². The Bertz CT molecular complexity index is 1560. The number of carbonyl (C=O) groups excluding carboxylic acids is 5. The highest BCUT2D eigenvalue weighted by Gasteiger charge is 2.31. The molecular formula is C36H46N6O7. The van der Waals surface area contributed by atoms with Crippen LogP contribution in [0, 0.1) is 5.92 Å². The normalized spacial score (nSPS) is 20.3. The summed E-state index contributed by atoms with van der Waals surface area (Å²) in [7, 11) is 1.52. The fraction of sp³-hybridized carbons (Fsp3) is 0.417. The van der Waals surface area contributed by atoms with E-state index >= 15 is 0 Å². The van der Waals surface area contributed by atoms with Crippen molar-refractivity contribution in [2.75, 3.05) is 26.8 Å². The van der Waals surface area contributed by atoms with E-state index in [4.69, 9.17) is 9.47 Å². The van der Waals surface area contributed by atoms with Crippen LogP contribution in [0.1, 0.15) is 54.6 Å². The number of benzene rings is 2. The molecule has 6 N–H and O–H groups in total. The molecule has 0 radical (unpaired) electrons. The summed E-state index contributed by atoms with van der Waals surface area (Å²) >= 11 is 0. The number of amides is 5. The molecule has 49 heavy (non-hydrogen) atoms. The lowest BCUT2D eigenvalue weighted by molar-refractivity contribution is -0.133. The van der Waals surface area contributed by atoms with Gasteiger partial charge in [-0.05, 0) is 60.9 Å². The molecule has 2 bridgehead atoms. The lowest BCUT2D eigenvalue weighted by atomic mass is 10.00. The van der Waals surface area contributed by atoms with Gasteiger partial charge in [0.05, 0.1) is 12.7 Å². The average molecular weight is 675 g/mol. The zero-order valence-electron chi connectivity index (χ0n) is 28.2. The van der Waals surface area contributed by atoms with Crippen molar-refractivity contribution >= 4 is 29.5 Å². The molecule has 2 aromatic carbocycles. The summed E-state index contributed by atoms with van der Waals surface area (Å²) in [6.07, 6.45) is 4.99. The summed E-state index contributed by atoms with van der Waals surface area (Å²) in [4.78, 5) is 69.4. The van der Waals surface area contributed by atoms with Crippen LogP contribution in [0.2, 0.25) is 0 Å². The Hall–Kier alpha value is -5.33. The van der Waals surface area contributed by atoms with Gasteiger partial charge in [-0.2, -0.15) is 0 Å². The lowest BCUT2D eigenvalue weighted by Gasteiger charge is -2.27. The first-order valence-corrected chi connectivity index (χ1v) is 16.6. The smallest absolute Gasteiger partial charge is 0.257 e. The molecule has 3 atom stereocenters. The molecule has 1 aliphatic rings. The van der Waals surface area contributed by atoms with Crippen molar-refractivity contribution < 1.29 is 33.4 Å². The molecule has 0 saturated heterocycles. The van der Waals surface area contributed by atoms with Gasteiger partial charge in [-0.1, -0.05) is 50.2 Å². The second kappa shape index (κ2) is 18.3. The standard InChI is InChI=1S/C36H46N6O7/c1-23(2)32-36(47)39-17-7-11-25-13-14-29(48-3)30(20-25)49-22-31(43)38-16-8-12-27(40-33(44)26-15-18-37-21-26)34(45)41-28(35(46)42-32)19-24-9-5-4-6-10-24/h4-6,9-10,13-15,18,20-21,23,27-28,32,37H,7-8,11-12,16-17,19,22H2,1-3H3,(H,38,43)(H,39,47)(H,40,44)(H,41,45)(H,42,46)/t27-,28-,32+/m0/s1. The van der Waals surface area contributed by atoms with E-state index in [0.29, 0.717) is 42.9 Å². The maximum atomic E-state index is 13.8. The van der Waals surface area contributed by atoms with Crippen molar-refractivity contribution in [2.45, 2.75) is 64.1 Å². The number of hydrogen-bond acceptors (Lipinski definition) is 7. The molecule has 3 aromatic rings. The van der Waals surface area contributed by atoms with E-state index in [9.17, 15) is 24.0 Å². The number of fused-ring (bicyclic) bond motifs is 2. The molecular weight excluding hydrogens is 628 g/mol. The van der Waals surface area contributed by atoms with Crippen molar-refractivity contribution in [1.82, 2.24) is 31.6 Å². The Morgan fingerprint density at radius 3 is 2.43 bits per heavy atom. The fourth-order valence-electron chi connectivity index (χ4n) is 5.43. The van der Waals surface area contributed by atoms with Crippen LogP contribution in [0.25, 0.3) is 0 Å². The zero-order chi connectivity index (χ0) is 35.2. The Labute approximate surface area is 286 Å². The topological polar surface area (TPSA) is 180 Å². The highest BCUT2D eigenvalue weighted by Crippen LogP contribution is 2.28. The van der Waals surface area contributed by atoms with E-state index in [1.807, 2.05) is 50.2 Å². The summed E-state index contributed by atoms with van der Waals surface area (Å²) < 4.78 is 11.2. The van der Waals surface area contributed by atoms with E-state index in [1.165, 1.54) is 13.3 Å². The van der Waals surface area contributed by atoms with Gasteiger partial charge in [-0.15, -0.1) is 0 Å². The number of aryl methyl sites for hydroxylation is 1. The number of hydrogen-bond donors (Lipinski definition) is 6. The van der Waals surface area contributed by atoms with Crippen LogP contribution in [-0.4, -0.2) is 79.5 Å². The lowest BCUT2D eigenvalue weighted by Crippen LogP contribution is -2.58. The molecule has 13 heteroatoms. The molecule has 0 unspecified atom stereocenters. The highest BCUT2D eigenvalue weighted by atomic mass is 16.5. The first-order valence-electron chi connectivity index (χ1n) is 16.6. The minimum Gasteiger partial charge on any atom is -0.493 e. The minimum atomic E-state index is -1.05. The number of H-pyrrole nitrogens is 1. The molecule has 5 amide bonds. The van der Waals surface area contributed by atoms with E-state index in [-0.39, 0.29) is 43.7 Å². The van der Waals surface area contributed by atoms with Crippen molar-refractivity contribution in [3.63, 3.8) is 0 Å². The van der Waals surface area contributed by atoms with Gasteiger partial charge in [0.25, 0.3) is 11.8 Å². The SMILES string of the molecule is COc1ccc2cc1OCC(=O)NCCC[C@H](NC(=O)c1cc[nH]c1)C(=O)N[C@@H](Cc1ccccc1)C(=O)N[C@H](C(C)C)C(=O)NCCC2. The predicted octanol–water partition coefficient (Wildman–Crippen LogP) is 2.03. The van der Waals surface area contributed by atoms with Crippen LogP contribution in [0.15, 0.2) is 67.0 Å². The molecule has 262 valence electrons. The van der Waals surface area contributed by atoms with Gasteiger partial charge in [0.1, 0.15) is 18.1 Å². The molecule has 0 aliphatic carbocycles. The number of aromatic nitrogens is 1. The molecule has 1 aromatic heterocycles. The van der Waals surface area contributed by atoms with Crippen LogP contribution in [0.3, 0.4) is 0 Å². The third-order valence-corrected chi connectivity index (χ3v) is 8.16. The second-order valence-electron chi connectivity index (χ2n) is 12.3. The Balaban J connectivity index is 1.59. The minimum absolute atomic E-state index is 0.156. The molecule has 2 heterocycles. The van der Waals surface area contributed by atoms with E-state index < -0.39 is 35.8 Å². The molecule has 0 fully saturated rings. The van der Waals surface area contributed by atoms with Gasteiger partial charge in [-0.25, -0.2) is 0 Å². The van der Waals surface area contributed by atoms with Gasteiger partial charge in [0, 0.05) is 31.9 Å². The maximum absolute atomic E-state index is 13.8. The van der Waals surface area contributed by atoms with Crippen molar-refractivity contribution in [1.29, 1.82) is 0 Å². The summed E-state index contributed by atoms with van der Waals surface area (Å²) in [6.45, 7) is 3.99. The molecule has 0 spiro atoms. The fourth-order valence-corrected chi connectivity index (χ4v) is 5.43. The molecule has 4 rings (SSSR count). The summed E-state index contributed by atoms with van der Waals surface area (Å²) in [5.41, 5.74) is 2.07. The van der Waals surface area contributed by atoms with Gasteiger partial charge >= 0.3 is 0 Å². The number of nitrogens with one attached hydrogen (secondary N) is 6. The Kier molecular flexibility index (Phi) is 13.6. The number of methoxy groups -OCH3 is 1. The van der Waals surface area contributed by atoms with Gasteiger partial charge in [-0.3, -0.25) is 24.0 Å². The summed E-state index contributed by atoms with van der Waals surface area (Å²) in [5, 5.41) is 14.2. The number of ether oxygens (including phenoxy) is 2. The quantitative estimate of drug-likeness (QED) is 0.232. The van der Waals surface area contributed by atoms with Crippen molar-refractivity contribution in [3.8, 4) is 11.5 Å². The molecule has 13 nitrogen and oxygen atoms in total. The van der Waals surface area contributed by atoms with E-state index in [0.717, 1.165) is 11.1 Å². The summed E-state index contributed by atoms with van der Waals surface area (Å²) in [6, 6.07) is 13.3. The maximum Gasteiger partial charge on any atom is 0.257 e. The number of rotatable bonds is 6. The van der Waals surface area contributed by atoms with Gasteiger partial charge in [0.2, 0.25) is 17.7 Å². The van der Waals surface area contributed by atoms with Crippen LogP contribution in [0.4, 0.5) is 0 Å². The number of carbonyl (C=O) groups is 5. The van der Waals surface area contributed by atoms with E-state index in [1.54, 1.807) is 24.4 Å². The Morgan fingerprint density at radius 2 is 1.71 bits per heavy atom. The highest BCUT2D eigenvalue weighted by molar-refractivity contribution is 5.98. The Morgan fingerprint density at radius 1 is 0.939 bits per heavy atom. The largest absolute Gasteiger partial charge is 0.493 e. The van der Waals surface area contributed by atoms with Crippen LogP contribution in [-0.2, 0) is 32.0 Å². The third-order valence-electron chi connectivity index (χ3n) is 8.16. The third kappa shape index (κ3) is 11.1. The molecule has 0 saturated carbocycles. The van der Waals surface area contributed by atoms with Gasteiger partial charge < -0.3 is 41.0 Å². The van der Waals surface area contributed by atoms with Crippen LogP contribution in [0.5, 0.6) is 11.5 Å². The average Bonchev–Trinajstić information content (AvgIpc) is 3.64. The molecule has 1 aliphatic heterocycles. The van der Waals surface area contributed by atoms with Crippen LogP contribution < -0.4 is 36.1 Å². The monoisotopic (exact) mass is 674 g/mol. The number of aromatic amines is 1. The van der Waals surface area contributed by atoms with Gasteiger partial charge in [0.15, 0.2) is 18.1 Å². The first-order chi connectivity index (χ1) is 23.6.